The van der Waals surface area contributed by atoms with Gasteiger partial charge in [-0.25, -0.2) is 4.98 Å². The van der Waals surface area contributed by atoms with E-state index < -0.39 is 0 Å². The van der Waals surface area contributed by atoms with Gasteiger partial charge in [-0.15, -0.1) is 11.8 Å². The van der Waals surface area contributed by atoms with Crippen molar-refractivity contribution >= 4 is 23.3 Å². The van der Waals surface area contributed by atoms with Gasteiger partial charge in [-0.05, 0) is 25.1 Å². The Morgan fingerprint density at radius 3 is 2.67 bits per heavy atom. The molecular weight excluding hydrogens is 476 g/mol. The second-order valence-electron chi connectivity index (χ2n) is 9.37. The summed E-state index contributed by atoms with van der Waals surface area (Å²) in [6.07, 6.45) is 5.50. The summed E-state index contributed by atoms with van der Waals surface area (Å²) in [5.74, 6) is 0.538. The van der Waals surface area contributed by atoms with Crippen molar-refractivity contribution < 1.29 is 14.3 Å². The average molecular weight is 509 g/mol. The molecule has 4 aromatic rings. The number of aromatic nitrogens is 5. The van der Waals surface area contributed by atoms with Gasteiger partial charge < -0.3 is 14.8 Å². The first-order valence-corrected chi connectivity index (χ1v) is 12.5. The fourth-order valence-electron chi connectivity index (χ4n) is 3.79. The molecule has 9 nitrogen and oxygen atoms in total. The number of nitrogens with one attached hydrogen (secondary N) is 1. The molecule has 0 saturated carbocycles. The standard InChI is InChI=1S/C26H32N6O3S/c1-17(18-9-7-8-10-27-18)29-25(33)20-13-19(30-32(20)11-12-34-5)21-15-28-24-14-22(35-6)23(16-31(21)24)36-26(2,3)4/h7-10,13-17H,11-12H2,1-6H3,(H,29,33)/t17-/m1/s1. The third-order valence-corrected chi connectivity index (χ3v) is 6.61. The van der Waals surface area contributed by atoms with Crippen molar-refractivity contribution in [2.45, 2.75) is 49.9 Å². The Bertz CT molecular complexity index is 1340. The van der Waals surface area contributed by atoms with E-state index >= 15 is 0 Å². The first-order valence-electron chi connectivity index (χ1n) is 11.7. The third kappa shape index (κ3) is 5.71. The van der Waals surface area contributed by atoms with Crippen LogP contribution in [0.3, 0.4) is 0 Å². The molecule has 0 aliphatic carbocycles. The van der Waals surface area contributed by atoms with Gasteiger partial charge in [0.15, 0.2) is 0 Å². The molecule has 1 atom stereocenters. The van der Waals surface area contributed by atoms with Crippen LogP contribution in [0.25, 0.3) is 17.0 Å². The minimum Gasteiger partial charge on any atom is -0.495 e. The number of hydrogen-bond acceptors (Lipinski definition) is 7. The van der Waals surface area contributed by atoms with E-state index in [-0.39, 0.29) is 16.7 Å². The number of carbonyl (C=O) groups is 1. The van der Waals surface area contributed by atoms with Crippen molar-refractivity contribution in [2.75, 3.05) is 20.8 Å². The highest BCUT2D eigenvalue weighted by molar-refractivity contribution is 8.00. The van der Waals surface area contributed by atoms with Crippen LogP contribution in [0.5, 0.6) is 5.75 Å². The van der Waals surface area contributed by atoms with Crippen molar-refractivity contribution in [2.24, 2.45) is 0 Å². The fourth-order valence-corrected chi connectivity index (χ4v) is 4.85. The van der Waals surface area contributed by atoms with E-state index in [0.717, 1.165) is 27.7 Å². The lowest BCUT2D eigenvalue weighted by Gasteiger charge is -2.19. The maximum atomic E-state index is 13.3. The van der Waals surface area contributed by atoms with Crippen molar-refractivity contribution in [1.29, 1.82) is 0 Å². The number of ether oxygens (including phenoxy) is 2. The lowest BCUT2D eigenvalue weighted by molar-refractivity contribution is 0.0924. The largest absolute Gasteiger partial charge is 0.495 e. The van der Waals surface area contributed by atoms with Gasteiger partial charge in [0.2, 0.25) is 0 Å². The van der Waals surface area contributed by atoms with Gasteiger partial charge in [0.1, 0.15) is 22.8 Å². The number of thioether (sulfide) groups is 1. The number of amides is 1. The molecule has 10 heteroatoms. The van der Waals surface area contributed by atoms with Crippen LogP contribution < -0.4 is 10.1 Å². The molecule has 1 amide bonds. The molecular formula is C26H32N6O3S. The molecule has 0 aliphatic heterocycles. The number of methoxy groups -OCH3 is 2. The van der Waals surface area contributed by atoms with Crippen LogP contribution in [0.2, 0.25) is 0 Å². The summed E-state index contributed by atoms with van der Waals surface area (Å²) in [6.45, 7) is 9.24. The van der Waals surface area contributed by atoms with Gasteiger partial charge in [-0.2, -0.15) is 5.10 Å². The number of rotatable bonds is 9. The molecule has 0 aromatic carbocycles. The van der Waals surface area contributed by atoms with Crippen molar-refractivity contribution in [3.63, 3.8) is 0 Å². The Morgan fingerprint density at radius 2 is 2.00 bits per heavy atom. The van der Waals surface area contributed by atoms with Crippen molar-refractivity contribution in [3.8, 4) is 17.1 Å². The zero-order valence-electron chi connectivity index (χ0n) is 21.5. The Hall–Kier alpha value is -3.37. The van der Waals surface area contributed by atoms with Crippen LogP contribution in [0.15, 0.2) is 53.8 Å². The molecule has 0 aliphatic rings. The number of fused-ring (bicyclic) bond motifs is 1. The van der Waals surface area contributed by atoms with Gasteiger partial charge >= 0.3 is 0 Å². The van der Waals surface area contributed by atoms with Gasteiger partial charge in [0.25, 0.3) is 5.91 Å². The van der Waals surface area contributed by atoms with Gasteiger partial charge in [0.05, 0.1) is 48.8 Å². The normalized spacial score (nSPS) is 12.6. The summed E-state index contributed by atoms with van der Waals surface area (Å²) >= 11 is 1.72. The average Bonchev–Trinajstić information content (AvgIpc) is 3.45. The number of carbonyl (C=O) groups excluding carboxylic acids is 1. The lowest BCUT2D eigenvalue weighted by atomic mass is 10.2. The number of imidazole rings is 1. The van der Waals surface area contributed by atoms with Crippen molar-refractivity contribution in [3.05, 3.63) is 60.3 Å². The highest BCUT2D eigenvalue weighted by Crippen LogP contribution is 2.39. The zero-order chi connectivity index (χ0) is 25.9. The quantitative estimate of drug-likeness (QED) is 0.329. The van der Waals surface area contributed by atoms with Gasteiger partial charge in [-0.1, -0.05) is 26.8 Å². The lowest BCUT2D eigenvalue weighted by Crippen LogP contribution is -2.29. The number of pyridine rings is 2. The molecule has 4 rings (SSSR count). The van der Waals surface area contributed by atoms with E-state index in [1.807, 2.05) is 41.8 Å². The molecule has 4 heterocycles. The summed E-state index contributed by atoms with van der Waals surface area (Å²) < 4.78 is 14.5. The van der Waals surface area contributed by atoms with Crippen molar-refractivity contribution in [1.82, 2.24) is 29.5 Å². The Morgan fingerprint density at radius 1 is 1.19 bits per heavy atom. The molecule has 0 unspecified atom stereocenters. The second-order valence-corrected chi connectivity index (χ2v) is 11.2. The fraction of sp³-hybridized carbons (Fsp3) is 0.385. The van der Waals surface area contributed by atoms with Crippen LogP contribution in [0.1, 0.15) is 49.9 Å². The van der Waals surface area contributed by atoms with Crippen LogP contribution in [0.4, 0.5) is 0 Å². The molecule has 190 valence electrons. The summed E-state index contributed by atoms with van der Waals surface area (Å²) in [6, 6.07) is 9.09. The van der Waals surface area contributed by atoms with E-state index in [9.17, 15) is 4.79 Å². The third-order valence-electron chi connectivity index (χ3n) is 5.47. The van der Waals surface area contributed by atoms with E-state index in [2.05, 4.69) is 36.1 Å². The number of hydrogen-bond donors (Lipinski definition) is 1. The van der Waals surface area contributed by atoms with Crippen LogP contribution in [-0.2, 0) is 11.3 Å². The molecule has 0 saturated heterocycles. The van der Waals surface area contributed by atoms with Crippen LogP contribution in [0, 0.1) is 0 Å². The maximum Gasteiger partial charge on any atom is 0.270 e. The monoisotopic (exact) mass is 508 g/mol. The van der Waals surface area contributed by atoms with Gasteiger partial charge in [-0.3, -0.25) is 18.9 Å². The van der Waals surface area contributed by atoms with Crippen LogP contribution >= 0.6 is 11.8 Å². The van der Waals surface area contributed by atoms with Crippen LogP contribution in [-0.4, -0.2) is 55.6 Å². The second kappa shape index (κ2) is 10.7. The highest BCUT2D eigenvalue weighted by atomic mass is 32.2. The zero-order valence-corrected chi connectivity index (χ0v) is 22.3. The molecule has 0 spiro atoms. The molecule has 0 radical (unpaired) electrons. The van der Waals surface area contributed by atoms with E-state index in [1.54, 1.807) is 49.1 Å². The summed E-state index contributed by atoms with van der Waals surface area (Å²) in [5, 5.41) is 7.78. The molecule has 36 heavy (non-hydrogen) atoms. The van der Waals surface area contributed by atoms with E-state index in [0.29, 0.717) is 24.5 Å². The Labute approximate surface area is 215 Å². The smallest absolute Gasteiger partial charge is 0.270 e. The SMILES string of the molecule is COCCn1nc(-c2cnc3cc(OC)c(SC(C)(C)C)cn23)cc1C(=O)N[C@H](C)c1ccccn1. The molecule has 0 bridgehead atoms. The van der Waals surface area contributed by atoms with E-state index in [4.69, 9.17) is 14.6 Å². The predicted molar refractivity (Wildman–Crippen MR) is 141 cm³/mol. The molecule has 4 aromatic heterocycles. The predicted octanol–water partition coefficient (Wildman–Crippen LogP) is 4.63. The summed E-state index contributed by atoms with van der Waals surface area (Å²) in [4.78, 5) is 23.2. The minimum atomic E-state index is -0.256. The Balaban J connectivity index is 1.71. The highest BCUT2D eigenvalue weighted by Gasteiger charge is 2.22. The maximum absolute atomic E-state index is 13.3. The Kier molecular flexibility index (Phi) is 7.65. The number of nitrogens with zero attached hydrogens (tertiary/aromatic N) is 5. The van der Waals surface area contributed by atoms with E-state index in [1.165, 1.54) is 0 Å². The minimum absolute atomic E-state index is 0.000998. The molecule has 1 N–H and O–H groups in total. The first kappa shape index (κ1) is 25.7. The topological polar surface area (TPSA) is 95.6 Å². The van der Waals surface area contributed by atoms with Gasteiger partial charge in [0, 0.05) is 30.3 Å². The first-order chi connectivity index (χ1) is 17.2. The molecule has 0 fully saturated rings. The summed E-state index contributed by atoms with van der Waals surface area (Å²) in [7, 11) is 3.29. The summed E-state index contributed by atoms with van der Waals surface area (Å²) in [5.41, 5.74) is 3.39.